The van der Waals surface area contributed by atoms with E-state index in [1.807, 2.05) is 17.5 Å². The Morgan fingerprint density at radius 3 is 2.96 bits per heavy atom. The van der Waals surface area contributed by atoms with Crippen LogP contribution in [0.15, 0.2) is 30.2 Å². The van der Waals surface area contributed by atoms with Crippen LogP contribution in [-0.4, -0.2) is 38.4 Å². The molecule has 1 spiro atoms. The van der Waals surface area contributed by atoms with Gasteiger partial charge < -0.3 is 9.88 Å². The van der Waals surface area contributed by atoms with Crippen LogP contribution in [0.5, 0.6) is 0 Å². The van der Waals surface area contributed by atoms with Crippen LogP contribution in [0.2, 0.25) is 0 Å². The van der Waals surface area contributed by atoms with Crippen molar-refractivity contribution >= 4 is 28.6 Å². The van der Waals surface area contributed by atoms with Gasteiger partial charge in [0.15, 0.2) is 0 Å². The Morgan fingerprint density at radius 2 is 2.26 bits per heavy atom. The smallest absolute Gasteiger partial charge is 0.263 e. The second-order valence-electron chi connectivity index (χ2n) is 7.56. The molecule has 1 saturated heterocycles. The van der Waals surface area contributed by atoms with Crippen LogP contribution in [0.1, 0.15) is 43.3 Å². The normalized spacial score (nSPS) is 20.6. The van der Waals surface area contributed by atoms with E-state index in [9.17, 15) is 4.79 Å². The first kappa shape index (κ1) is 17.1. The maximum atomic E-state index is 12.5. The number of aryl methyl sites for hydroxylation is 2. The number of rotatable bonds is 4. The number of thiazole rings is 1. The third-order valence-corrected chi connectivity index (χ3v) is 7.39. The molecule has 0 bridgehead atoms. The first-order valence-corrected chi connectivity index (χ1v) is 10.7. The van der Waals surface area contributed by atoms with E-state index in [-0.39, 0.29) is 17.5 Å². The number of carbonyl (C=O) groups excluding carboxylic acids is 1. The van der Waals surface area contributed by atoms with Crippen LogP contribution >= 0.6 is 22.7 Å². The lowest BCUT2D eigenvalue weighted by atomic mass is 9.85. The molecule has 2 aliphatic heterocycles. The zero-order valence-electron chi connectivity index (χ0n) is 15.3. The SMILES string of the molecule is Cc1cc(CN2CC3(CC(NC(=O)c4cncs4)c4nccn43)C2)c(C)s1. The molecular formula is C19H21N5OS2. The lowest BCUT2D eigenvalue weighted by Gasteiger charge is -2.49. The number of carbonyl (C=O) groups is 1. The molecule has 5 heterocycles. The Kier molecular flexibility index (Phi) is 3.96. The zero-order valence-corrected chi connectivity index (χ0v) is 16.9. The highest BCUT2D eigenvalue weighted by molar-refractivity contribution is 7.12. The minimum Gasteiger partial charge on any atom is -0.341 e. The number of fused-ring (bicyclic) bond motifs is 2. The minimum absolute atomic E-state index is 0.0399. The van der Waals surface area contributed by atoms with Gasteiger partial charge in [-0.3, -0.25) is 14.7 Å². The topological polar surface area (TPSA) is 63.1 Å². The van der Waals surface area contributed by atoms with Crippen molar-refractivity contribution in [3.63, 3.8) is 0 Å². The molecule has 5 rings (SSSR count). The largest absolute Gasteiger partial charge is 0.341 e. The summed E-state index contributed by atoms with van der Waals surface area (Å²) in [5.41, 5.74) is 3.17. The summed E-state index contributed by atoms with van der Waals surface area (Å²) < 4.78 is 2.28. The van der Waals surface area contributed by atoms with E-state index in [0.717, 1.165) is 31.9 Å². The number of imidazole rings is 1. The van der Waals surface area contributed by atoms with Crippen molar-refractivity contribution < 1.29 is 4.79 Å². The fourth-order valence-corrected chi connectivity index (χ4v) is 5.94. The highest BCUT2D eigenvalue weighted by Crippen LogP contribution is 2.45. The van der Waals surface area contributed by atoms with Gasteiger partial charge in [-0.15, -0.1) is 22.7 Å². The van der Waals surface area contributed by atoms with Crippen LogP contribution in [-0.2, 0) is 12.1 Å². The molecule has 0 radical (unpaired) electrons. The summed E-state index contributed by atoms with van der Waals surface area (Å²) >= 11 is 3.24. The number of nitrogens with zero attached hydrogens (tertiary/aromatic N) is 4. The molecule has 1 atom stereocenters. The number of amides is 1. The predicted octanol–water partition coefficient (Wildman–Crippen LogP) is 3.10. The Morgan fingerprint density at radius 1 is 1.41 bits per heavy atom. The average molecular weight is 400 g/mol. The van der Waals surface area contributed by atoms with E-state index in [1.165, 1.54) is 26.7 Å². The molecule has 27 heavy (non-hydrogen) atoms. The van der Waals surface area contributed by atoms with E-state index in [2.05, 4.69) is 50.9 Å². The molecular weight excluding hydrogens is 378 g/mol. The van der Waals surface area contributed by atoms with Crippen molar-refractivity contribution in [3.05, 3.63) is 56.2 Å². The van der Waals surface area contributed by atoms with Crippen molar-refractivity contribution in [2.45, 2.75) is 38.4 Å². The molecule has 1 amide bonds. The van der Waals surface area contributed by atoms with Crippen LogP contribution in [0.4, 0.5) is 0 Å². The molecule has 8 heteroatoms. The Balaban J connectivity index is 1.30. The Hall–Kier alpha value is -2.03. The van der Waals surface area contributed by atoms with Gasteiger partial charge in [-0.1, -0.05) is 0 Å². The molecule has 0 aliphatic carbocycles. The van der Waals surface area contributed by atoms with E-state index >= 15 is 0 Å². The average Bonchev–Trinajstić information content (AvgIpc) is 3.35. The van der Waals surface area contributed by atoms with Gasteiger partial charge in [0.25, 0.3) is 5.91 Å². The molecule has 0 saturated carbocycles. The summed E-state index contributed by atoms with van der Waals surface area (Å²) in [4.78, 5) is 26.9. The molecule has 0 aromatic carbocycles. The number of aromatic nitrogens is 3. The summed E-state index contributed by atoms with van der Waals surface area (Å²) in [6.45, 7) is 7.37. The molecule has 1 fully saturated rings. The molecule has 3 aromatic rings. The summed E-state index contributed by atoms with van der Waals surface area (Å²) in [5, 5.41) is 3.16. The number of hydrogen-bond donors (Lipinski definition) is 1. The van der Waals surface area contributed by atoms with Gasteiger partial charge in [0.05, 0.1) is 23.3 Å². The molecule has 1 N–H and O–H groups in total. The fraction of sp³-hybridized carbons (Fsp3) is 0.421. The summed E-state index contributed by atoms with van der Waals surface area (Å²) in [7, 11) is 0. The second kappa shape index (κ2) is 6.25. The number of likely N-dealkylation sites (tertiary alicyclic amines) is 1. The first-order valence-electron chi connectivity index (χ1n) is 9.05. The quantitative estimate of drug-likeness (QED) is 0.732. The van der Waals surface area contributed by atoms with E-state index in [1.54, 1.807) is 11.7 Å². The highest BCUT2D eigenvalue weighted by atomic mass is 32.1. The second-order valence-corrected chi connectivity index (χ2v) is 9.91. The fourth-order valence-electron chi connectivity index (χ4n) is 4.48. The minimum atomic E-state index is -0.0605. The third kappa shape index (κ3) is 2.83. The van der Waals surface area contributed by atoms with E-state index in [4.69, 9.17) is 0 Å². The van der Waals surface area contributed by atoms with Crippen molar-refractivity contribution in [2.75, 3.05) is 13.1 Å². The van der Waals surface area contributed by atoms with Gasteiger partial charge >= 0.3 is 0 Å². The molecule has 1 unspecified atom stereocenters. The zero-order chi connectivity index (χ0) is 18.6. The molecule has 140 valence electrons. The molecule has 6 nitrogen and oxygen atoms in total. The summed E-state index contributed by atoms with van der Waals surface area (Å²) in [6.07, 6.45) is 6.43. The Labute approximate surface area is 165 Å². The van der Waals surface area contributed by atoms with Gasteiger partial charge in [-0.2, -0.15) is 0 Å². The van der Waals surface area contributed by atoms with Crippen LogP contribution in [0, 0.1) is 13.8 Å². The predicted molar refractivity (Wildman–Crippen MR) is 106 cm³/mol. The summed E-state index contributed by atoms with van der Waals surface area (Å²) in [6, 6.07) is 2.27. The van der Waals surface area contributed by atoms with Crippen molar-refractivity contribution in [3.8, 4) is 0 Å². The van der Waals surface area contributed by atoms with Crippen molar-refractivity contribution in [1.82, 2.24) is 24.8 Å². The number of hydrogen-bond acceptors (Lipinski definition) is 6. The number of nitrogens with one attached hydrogen (secondary N) is 1. The van der Waals surface area contributed by atoms with Gasteiger partial charge in [-0.05, 0) is 25.5 Å². The van der Waals surface area contributed by atoms with Crippen molar-refractivity contribution in [2.24, 2.45) is 0 Å². The van der Waals surface area contributed by atoms with Crippen LogP contribution in [0.3, 0.4) is 0 Å². The van der Waals surface area contributed by atoms with Crippen LogP contribution < -0.4 is 5.32 Å². The standard InChI is InChI=1S/C19H21N5OS2/c1-12-5-14(13(2)27-12)8-23-9-19(10-23)6-15(17-21-3-4-24(17)19)22-18(25)16-7-20-11-26-16/h3-5,7,11,15H,6,8-10H2,1-2H3,(H,22,25). The monoisotopic (exact) mass is 399 g/mol. The number of thiophene rings is 1. The highest BCUT2D eigenvalue weighted by Gasteiger charge is 2.52. The van der Waals surface area contributed by atoms with Gasteiger partial charge in [-0.25, -0.2) is 4.98 Å². The third-order valence-electron chi connectivity index (χ3n) is 5.61. The first-order chi connectivity index (χ1) is 13.0. The van der Waals surface area contributed by atoms with Gasteiger partial charge in [0.2, 0.25) is 0 Å². The summed E-state index contributed by atoms with van der Waals surface area (Å²) in [5.74, 6) is 0.907. The molecule has 2 aliphatic rings. The Bertz CT molecular complexity index is 984. The van der Waals surface area contributed by atoms with E-state index in [0.29, 0.717) is 4.88 Å². The van der Waals surface area contributed by atoms with E-state index < -0.39 is 0 Å². The van der Waals surface area contributed by atoms with Gasteiger partial charge in [0, 0.05) is 48.2 Å². The van der Waals surface area contributed by atoms with Crippen molar-refractivity contribution in [1.29, 1.82) is 0 Å². The maximum Gasteiger partial charge on any atom is 0.263 e. The maximum absolute atomic E-state index is 12.5. The van der Waals surface area contributed by atoms with Crippen LogP contribution in [0.25, 0.3) is 0 Å². The lowest BCUT2D eigenvalue weighted by molar-refractivity contribution is 0.00749. The lowest BCUT2D eigenvalue weighted by Crippen LogP contribution is -2.60. The molecule has 3 aromatic heterocycles. The van der Waals surface area contributed by atoms with Gasteiger partial charge in [0.1, 0.15) is 10.7 Å².